The maximum absolute atomic E-state index is 9.09. The lowest BCUT2D eigenvalue weighted by molar-refractivity contribution is 0.0343. The van der Waals surface area contributed by atoms with Crippen LogP contribution in [0.2, 0.25) is 0 Å². The van der Waals surface area contributed by atoms with Crippen molar-refractivity contribution in [3.63, 3.8) is 0 Å². The maximum atomic E-state index is 9.09. The fraction of sp³-hybridized carbons (Fsp3) is 0.417. The molecule has 0 atom stereocenters. The fourth-order valence-corrected chi connectivity index (χ4v) is 2.06. The molecule has 0 radical (unpaired) electrons. The Morgan fingerprint density at radius 3 is 2.59 bits per heavy atom. The van der Waals surface area contributed by atoms with E-state index in [0.717, 1.165) is 9.94 Å². The standard InChI is InChI=1S/C12H13BBrNO2/c1-12(2)7-16-13(17-8-12)11-4-3-10(14)5-9(11)6-15/h3-5H,7-8H2,1-2H3. The largest absolute Gasteiger partial charge is 0.495 e. The Hall–Kier alpha value is -0.825. The molecule has 0 N–H and O–H groups in total. The summed E-state index contributed by atoms with van der Waals surface area (Å²) >= 11 is 3.35. The van der Waals surface area contributed by atoms with E-state index < -0.39 is 7.12 Å². The molecule has 0 amide bonds. The maximum Gasteiger partial charge on any atom is 0.495 e. The van der Waals surface area contributed by atoms with E-state index in [0.29, 0.717) is 18.8 Å². The molecule has 2 rings (SSSR count). The highest BCUT2D eigenvalue weighted by atomic mass is 79.9. The average molecular weight is 294 g/mol. The average Bonchev–Trinajstić information content (AvgIpc) is 2.29. The highest BCUT2D eigenvalue weighted by molar-refractivity contribution is 9.10. The van der Waals surface area contributed by atoms with Crippen molar-refractivity contribution in [1.82, 2.24) is 0 Å². The summed E-state index contributed by atoms with van der Waals surface area (Å²) in [7, 11) is -0.425. The van der Waals surface area contributed by atoms with Gasteiger partial charge in [0.05, 0.1) is 11.6 Å². The smallest absolute Gasteiger partial charge is 0.407 e. The highest BCUT2D eigenvalue weighted by Gasteiger charge is 2.34. The summed E-state index contributed by atoms with van der Waals surface area (Å²) in [6.07, 6.45) is 0. The van der Waals surface area contributed by atoms with E-state index in [9.17, 15) is 0 Å². The van der Waals surface area contributed by atoms with Gasteiger partial charge in [0, 0.05) is 28.6 Å². The van der Waals surface area contributed by atoms with Gasteiger partial charge in [0.15, 0.2) is 0 Å². The summed E-state index contributed by atoms with van der Waals surface area (Å²) in [4.78, 5) is 0. The number of nitrogens with zero attached hydrogens (tertiary/aromatic N) is 1. The summed E-state index contributed by atoms with van der Waals surface area (Å²) in [5, 5.41) is 9.09. The third-order valence-electron chi connectivity index (χ3n) is 2.64. The van der Waals surface area contributed by atoms with Crippen LogP contribution >= 0.6 is 15.9 Å². The number of hydrogen-bond donors (Lipinski definition) is 0. The molecule has 3 nitrogen and oxygen atoms in total. The van der Waals surface area contributed by atoms with Crippen molar-refractivity contribution in [3.8, 4) is 6.07 Å². The summed E-state index contributed by atoms with van der Waals surface area (Å²) in [6, 6.07) is 7.70. The van der Waals surface area contributed by atoms with Crippen molar-refractivity contribution >= 4 is 28.5 Å². The first-order chi connectivity index (χ1) is 8.02. The number of rotatable bonds is 1. The Bertz CT molecular complexity index is 460. The molecule has 1 aliphatic rings. The number of halogens is 1. The Labute approximate surface area is 110 Å². The van der Waals surface area contributed by atoms with Gasteiger partial charge in [-0.25, -0.2) is 0 Å². The molecule has 0 spiro atoms. The van der Waals surface area contributed by atoms with Crippen molar-refractivity contribution in [3.05, 3.63) is 28.2 Å². The second-order valence-corrected chi connectivity index (χ2v) is 5.88. The van der Waals surface area contributed by atoms with E-state index in [4.69, 9.17) is 14.6 Å². The molecule has 1 aromatic rings. The molecule has 1 saturated heterocycles. The molecule has 5 heteroatoms. The van der Waals surface area contributed by atoms with E-state index in [2.05, 4.69) is 35.8 Å². The molecule has 1 aromatic carbocycles. The van der Waals surface area contributed by atoms with Gasteiger partial charge >= 0.3 is 7.12 Å². The minimum atomic E-state index is -0.425. The van der Waals surface area contributed by atoms with E-state index >= 15 is 0 Å². The molecule has 1 aliphatic heterocycles. The summed E-state index contributed by atoms with van der Waals surface area (Å²) in [6.45, 7) is 5.46. The number of nitriles is 1. The van der Waals surface area contributed by atoms with E-state index in [1.54, 1.807) is 6.07 Å². The SMILES string of the molecule is CC1(C)COB(c2ccc(Br)cc2C#N)OC1. The summed E-state index contributed by atoms with van der Waals surface area (Å²) in [5.74, 6) is 0. The minimum Gasteiger partial charge on any atom is -0.407 e. The van der Waals surface area contributed by atoms with Gasteiger partial charge in [0.25, 0.3) is 0 Å². The third kappa shape index (κ3) is 2.89. The Balaban J connectivity index is 2.22. The van der Waals surface area contributed by atoms with E-state index in [-0.39, 0.29) is 5.41 Å². The molecule has 0 aliphatic carbocycles. The molecule has 17 heavy (non-hydrogen) atoms. The lowest BCUT2D eigenvalue weighted by Crippen LogP contribution is -2.48. The zero-order chi connectivity index (χ0) is 12.5. The second kappa shape index (κ2) is 4.81. The molecule has 0 saturated carbocycles. The first-order valence-electron chi connectivity index (χ1n) is 5.45. The van der Waals surface area contributed by atoms with Gasteiger partial charge in [-0.3, -0.25) is 0 Å². The number of benzene rings is 1. The van der Waals surface area contributed by atoms with Crippen LogP contribution in [0.4, 0.5) is 0 Å². The molecule has 0 unspecified atom stereocenters. The van der Waals surface area contributed by atoms with Crippen LogP contribution in [-0.2, 0) is 9.31 Å². The first-order valence-corrected chi connectivity index (χ1v) is 6.24. The normalized spacial score (nSPS) is 18.8. The monoisotopic (exact) mass is 293 g/mol. The van der Waals surface area contributed by atoms with Crippen LogP contribution in [0, 0.1) is 16.7 Å². The quantitative estimate of drug-likeness (QED) is 0.745. The first kappa shape index (κ1) is 12.6. The summed E-state index contributed by atoms with van der Waals surface area (Å²) < 4.78 is 12.2. The molecule has 88 valence electrons. The van der Waals surface area contributed by atoms with Crippen LogP contribution in [0.3, 0.4) is 0 Å². The van der Waals surface area contributed by atoms with Crippen LogP contribution in [0.25, 0.3) is 0 Å². The van der Waals surface area contributed by atoms with Gasteiger partial charge < -0.3 is 9.31 Å². The van der Waals surface area contributed by atoms with Crippen molar-refractivity contribution < 1.29 is 9.31 Å². The van der Waals surface area contributed by atoms with Crippen molar-refractivity contribution in [1.29, 1.82) is 5.26 Å². The lowest BCUT2D eigenvalue weighted by Gasteiger charge is -2.33. The van der Waals surface area contributed by atoms with Crippen molar-refractivity contribution in [2.24, 2.45) is 5.41 Å². The van der Waals surface area contributed by atoms with Gasteiger partial charge in [-0.15, -0.1) is 0 Å². The summed E-state index contributed by atoms with van der Waals surface area (Å²) in [5.41, 5.74) is 1.42. The van der Waals surface area contributed by atoms with Crippen LogP contribution in [0.15, 0.2) is 22.7 Å². The zero-order valence-electron chi connectivity index (χ0n) is 9.87. The molecule has 1 fully saturated rings. The topological polar surface area (TPSA) is 42.2 Å². The zero-order valence-corrected chi connectivity index (χ0v) is 11.5. The fourth-order valence-electron chi connectivity index (χ4n) is 1.70. The van der Waals surface area contributed by atoms with Gasteiger partial charge in [0.2, 0.25) is 0 Å². The highest BCUT2D eigenvalue weighted by Crippen LogP contribution is 2.22. The van der Waals surface area contributed by atoms with Crippen LogP contribution in [0.5, 0.6) is 0 Å². The van der Waals surface area contributed by atoms with Gasteiger partial charge in [0.1, 0.15) is 0 Å². The van der Waals surface area contributed by atoms with Gasteiger partial charge in [-0.05, 0) is 12.1 Å². The molecular formula is C12H13BBrNO2. The third-order valence-corrected chi connectivity index (χ3v) is 3.13. The molecule has 0 bridgehead atoms. The van der Waals surface area contributed by atoms with Gasteiger partial charge in [-0.1, -0.05) is 35.8 Å². The second-order valence-electron chi connectivity index (χ2n) is 4.96. The van der Waals surface area contributed by atoms with Gasteiger partial charge in [-0.2, -0.15) is 5.26 Å². The predicted molar refractivity (Wildman–Crippen MR) is 69.9 cm³/mol. The number of hydrogen-bond acceptors (Lipinski definition) is 3. The molecule has 0 aromatic heterocycles. The Morgan fingerprint density at radius 2 is 2.00 bits per heavy atom. The van der Waals surface area contributed by atoms with Crippen LogP contribution in [-0.4, -0.2) is 20.3 Å². The van der Waals surface area contributed by atoms with Crippen molar-refractivity contribution in [2.45, 2.75) is 13.8 Å². The Morgan fingerprint density at radius 1 is 1.35 bits per heavy atom. The van der Waals surface area contributed by atoms with E-state index in [1.165, 1.54) is 0 Å². The predicted octanol–water partition coefficient (Wildman–Crippen LogP) is 2.09. The minimum absolute atomic E-state index is 0.0403. The Kier molecular flexibility index (Phi) is 3.57. The lowest BCUT2D eigenvalue weighted by atomic mass is 9.73. The van der Waals surface area contributed by atoms with E-state index in [1.807, 2.05) is 12.1 Å². The molecular weight excluding hydrogens is 281 g/mol. The van der Waals surface area contributed by atoms with Crippen LogP contribution < -0.4 is 5.46 Å². The van der Waals surface area contributed by atoms with Crippen LogP contribution in [0.1, 0.15) is 19.4 Å². The molecule has 1 heterocycles. The van der Waals surface area contributed by atoms with Crippen molar-refractivity contribution in [2.75, 3.05) is 13.2 Å².